The molecule has 0 unspecified atom stereocenters. The van der Waals surface area contributed by atoms with Crippen LogP contribution in [0.25, 0.3) is 0 Å². The summed E-state index contributed by atoms with van der Waals surface area (Å²) in [6, 6.07) is 0. The summed E-state index contributed by atoms with van der Waals surface area (Å²) in [6.07, 6.45) is 32.0. The van der Waals surface area contributed by atoms with E-state index < -0.39 is 0 Å². The predicted molar refractivity (Wildman–Crippen MR) is 134 cm³/mol. The van der Waals surface area contributed by atoms with Crippen molar-refractivity contribution in [1.82, 2.24) is 0 Å². The van der Waals surface area contributed by atoms with E-state index in [1.807, 2.05) is 0 Å². The lowest BCUT2D eigenvalue weighted by molar-refractivity contribution is -0.248. The summed E-state index contributed by atoms with van der Waals surface area (Å²) < 4.78 is 0. The van der Waals surface area contributed by atoms with Gasteiger partial charge < -0.3 is 0 Å². The Kier molecular flexibility index (Phi) is 9.22. The van der Waals surface area contributed by atoms with Crippen molar-refractivity contribution in [2.24, 2.45) is 28.1 Å². The lowest BCUT2D eigenvalue weighted by atomic mass is 9.30. The van der Waals surface area contributed by atoms with Crippen molar-refractivity contribution in [3.05, 3.63) is 0 Å². The Labute approximate surface area is 190 Å². The standard InChI is InChI=1S/C30H56/c1-5-9-13-17-28-22-26-21-27(23-28)25-29(24-26,18-14-10-6-2)30(28,19-15-11-7-3)20-16-12-8-4/h26-27H,5-25H2,1-4H3. The number of hydrogen-bond acceptors (Lipinski definition) is 0. The van der Waals surface area contributed by atoms with Gasteiger partial charge in [-0.3, -0.25) is 0 Å². The molecule has 0 aromatic heterocycles. The van der Waals surface area contributed by atoms with Crippen LogP contribution in [0, 0.1) is 28.1 Å². The summed E-state index contributed by atoms with van der Waals surface area (Å²) in [5.74, 6) is 2.18. The fraction of sp³-hybridized carbons (Fsp3) is 1.00. The van der Waals surface area contributed by atoms with Crippen LogP contribution in [0.4, 0.5) is 0 Å². The van der Waals surface area contributed by atoms with Crippen molar-refractivity contribution in [3.63, 3.8) is 0 Å². The SMILES string of the molecule is CCCCCC12CC3CC(C1)CC(CCCCC)(C3)C2(CCCCC)CCCCC. The van der Waals surface area contributed by atoms with Gasteiger partial charge in [-0.05, 0) is 85.9 Å². The molecule has 0 heteroatoms. The van der Waals surface area contributed by atoms with Gasteiger partial charge in [-0.25, -0.2) is 0 Å². The van der Waals surface area contributed by atoms with Crippen LogP contribution in [0.3, 0.4) is 0 Å². The van der Waals surface area contributed by atoms with Gasteiger partial charge in [0.1, 0.15) is 0 Å². The molecule has 4 fully saturated rings. The molecule has 4 aliphatic carbocycles. The van der Waals surface area contributed by atoms with Gasteiger partial charge in [-0.15, -0.1) is 0 Å². The van der Waals surface area contributed by atoms with Crippen molar-refractivity contribution >= 4 is 0 Å². The highest BCUT2D eigenvalue weighted by Gasteiger charge is 2.69. The van der Waals surface area contributed by atoms with E-state index in [1.165, 1.54) is 77.0 Å². The molecule has 4 bridgehead atoms. The zero-order valence-electron chi connectivity index (χ0n) is 21.5. The molecule has 0 saturated heterocycles. The van der Waals surface area contributed by atoms with Crippen LogP contribution in [0.2, 0.25) is 0 Å². The maximum absolute atomic E-state index is 2.41. The minimum Gasteiger partial charge on any atom is -0.0654 e. The first-order valence-electron chi connectivity index (χ1n) is 14.6. The fourth-order valence-corrected chi connectivity index (χ4v) is 9.52. The summed E-state index contributed by atoms with van der Waals surface area (Å²) in [7, 11) is 0. The first kappa shape index (κ1) is 24.6. The zero-order chi connectivity index (χ0) is 21.5. The maximum Gasteiger partial charge on any atom is -0.0184 e. The Bertz CT molecular complexity index is 432. The second-order valence-corrected chi connectivity index (χ2v) is 12.3. The zero-order valence-corrected chi connectivity index (χ0v) is 21.5. The minimum atomic E-state index is 0.694. The normalized spacial score (nSPS) is 34.0. The van der Waals surface area contributed by atoms with Crippen molar-refractivity contribution in [3.8, 4) is 0 Å². The largest absolute Gasteiger partial charge is 0.0654 e. The first-order chi connectivity index (χ1) is 14.6. The second-order valence-electron chi connectivity index (χ2n) is 12.3. The van der Waals surface area contributed by atoms with Crippen molar-refractivity contribution < 1.29 is 0 Å². The van der Waals surface area contributed by atoms with Gasteiger partial charge in [-0.2, -0.15) is 0 Å². The molecular formula is C30H56. The topological polar surface area (TPSA) is 0 Å². The fourth-order valence-electron chi connectivity index (χ4n) is 9.52. The van der Waals surface area contributed by atoms with E-state index in [0.717, 1.165) is 22.7 Å². The molecular weight excluding hydrogens is 360 g/mol. The molecule has 0 aliphatic heterocycles. The van der Waals surface area contributed by atoms with Crippen LogP contribution in [-0.4, -0.2) is 0 Å². The van der Waals surface area contributed by atoms with Gasteiger partial charge in [0.15, 0.2) is 0 Å². The molecule has 0 heterocycles. The summed E-state index contributed by atoms with van der Waals surface area (Å²) >= 11 is 0. The number of hydrogen-bond donors (Lipinski definition) is 0. The number of rotatable bonds is 16. The monoisotopic (exact) mass is 416 g/mol. The molecule has 0 spiro atoms. The average molecular weight is 417 g/mol. The van der Waals surface area contributed by atoms with Crippen molar-refractivity contribution in [2.75, 3.05) is 0 Å². The Morgan fingerprint density at radius 2 is 0.800 bits per heavy atom. The lowest BCUT2D eigenvalue weighted by Gasteiger charge is -2.74. The number of unbranched alkanes of at least 4 members (excludes halogenated alkanes) is 8. The molecule has 0 nitrogen and oxygen atoms in total. The molecule has 4 saturated carbocycles. The Hall–Kier alpha value is 0. The van der Waals surface area contributed by atoms with E-state index in [4.69, 9.17) is 0 Å². The quantitative estimate of drug-likeness (QED) is 0.219. The van der Waals surface area contributed by atoms with Crippen LogP contribution in [0.15, 0.2) is 0 Å². The molecule has 4 aliphatic rings. The van der Waals surface area contributed by atoms with Crippen LogP contribution < -0.4 is 0 Å². The molecule has 176 valence electrons. The first-order valence-corrected chi connectivity index (χ1v) is 14.6. The van der Waals surface area contributed by atoms with E-state index in [-0.39, 0.29) is 0 Å². The molecule has 4 rings (SSSR count). The van der Waals surface area contributed by atoms with Crippen LogP contribution in [0.5, 0.6) is 0 Å². The smallest absolute Gasteiger partial charge is 0.0184 e. The summed E-state index contributed by atoms with van der Waals surface area (Å²) in [5.41, 5.74) is 2.14. The van der Waals surface area contributed by atoms with Crippen molar-refractivity contribution in [2.45, 2.75) is 163 Å². The van der Waals surface area contributed by atoms with Gasteiger partial charge in [0.2, 0.25) is 0 Å². The molecule has 30 heavy (non-hydrogen) atoms. The van der Waals surface area contributed by atoms with Gasteiger partial charge in [-0.1, -0.05) is 105 Å². The average Bonchev–Trinajstić information content (AvgIpc) is 2.71. The minimum absolute atomic E-state index is 0.694. The third-order valence-electron chi connectivity index (χ3n) is 10.3. The Morgan fingerprint density at radius 3 is 1.13 bits per heavy atom. The van der Waals surface area contributed by atoms with Gasteiger partial charge in [0.05, 0.1) is 0 Å². The highest BCUT2D eigenvalue weighted by molar-refractivity contribution is 5.19. The Morgan fingerprint density at radius 1 is 0.467 bits per heavy atom. The maximum atomic E-state index is 2.41. The second kappa shape index (κ2) is 11.2. The van der Waals surface area contributed by atoms with Gasteiger partial charge in [0.25, 0.3) is 0 Å². The lowest BCUT2D eigenvalue weighted by Crippen LogP contribution is -2.65. The third kappa shape index (κ3) is 4.69. The summed E-state index contributed by atoms with van der Waals surface area (Å²) in [5, 5.41) is 0. The molecule has 0 radical (unpaired) electrons. The Balaban J connectivity index is 1.97. The molecule has 0 aromatic carbocycles. The van der Waals surface area contributed by atoms with Crippen LogP contribution >= 0.6 is 0 Å². The van der Waals surface area contributed by atoms with E-state index in [9.17, 15) is 0 Å². The summed E-state index contributed by atoms with van der Waals surface area (Å²) in [6.45, 7) is 9.63. The highest BCUT2D eigenvalue weighted by atomic mass is 14.7. The summed E-state index contributed by atoms with van der Waals surface area (Å²) in [4.78, 5) is 0. The molecule has 0 aromatic rings. The predicted octanol–water partition coefficient (Wildman–Crippen LogP) is 10.5. The van der Waals surface area contributed by atoms with Crippen molar-refractivity contribution in [1.29, 1.82) is 0 Å². The molecule has 0 N–H and O–H groups in total. The van der Waals surface area contributed by atoms with E-state index >= 15 is 0 Å². The van der Waals surface area contributed by atoms with E-state index in [1.54, 1.807) is 57.8 Å². The third-order valence-corrected chi connectivity index (χ3v) is 10.3. The highest BCUT2D eigenvalue weighted by Crippen LogP contribution is 2.78. The van der Waals surface area contributed by atoms with E-state index in [2.05, 4.69) is 27.7 Å². The van der Waals surface area contributed by atoms with Crippen LogP contribution in [-0.2, 0) is 0 Å². The van der Waals surface area contributed by atoms with Gasteiger partial charge >= 0.3 is 0 Å². The molecule has 0 amide bonds. The van der Waals surface area contributed by atoms with Crippen LogP contribution in [0.1, 0.15) is 163 Å². The molecule has 0 atom stereocenters. The van der Waals surface area contributed by atoms with Gasteiger partial charge in [0, 0.05) is 0 Å². The van der Waals surface area contributed by atoms with E-state index in [0.29, 0.717) is 5.41 Å².